The fourth-order valence-electron chi connectivity index (χ4n) is 3.70. The summed E-state index contributed by atoms with van der Waals surface area (Å²) in [5.74, 6) is 2.10. The van der Waals surface area contributed by atoms with Crippen molar-refractivity contribution in [3.8, 4) is 0 Å². The molecule has 0 bridgehead atoms. The van der Waals surface area contributed by atoms with E-state index in [2.05, 4.69) is 45.9 Å². The molecule has 1 atom stereocenters. The first-order valence-electron chi connectivity index (χ1n) is 9.14. The second-order valence-electron chi connectivity index (χ2n) is 7.17. The summed E-state index contributed by atoms with van der Waals surface area (Å²) in [6.07, 6.45) is 5.42. The third-order valence-electron chi connectivity index (χ3n) is 5.55. The number of benzene rings is 1. The summed E-state index contributed by atoms with van der Waals surface area (Å²) in [6, 6.07) is 9.24. The van der Waals surface area contributed by atoms with E-state index in [1.54, 1.807) is 6.20 Å². The molecule has 1 saturated heterocycles. The molecule has 0 N–H and O–H groups in total. The minimum atomic E-state index is 0.133. The van der Waals surface area contributed by atoms with Crippen molar-refractivity contribution in [3.63, 3.8) is 0 Å². The van der Waals surface area contributed by atoms with Crippen LogP contribution in [0.1, 0.15) is 58.5 Å². The van der Waals surface area contributed by atoms with E-state index in [1.165, 1.54) is 30.4 Å². The molecule has 1 unspecified atom stereocenters. The average molecular weight is 356 g/mol. The zero-order valence-electron chi connectivity index (χ0n) is 14.9. The Kier molecular flexibility index (Phi) is 4.59. The predicted molar refractivity (Wildman–Crippen MR) is 102 cm³/mol. The Morgan fingerprint density at radius 2 is 1.96 bits per heavy atom. The lowest BCUT2D eigenvalue weighted by atomic mass is 9.93. The van der Waals surface area contributed by atoms with Crippen LogP contribution in [-0.4, -0.2) is 38.6 Å². The lowest BCUT2D eigenvalue weighted by molar-refractivity contribution is 0.0700. The summed E-state index contributed by atoms with van der Waals surface area (Å²) in [7, 11) is 0. The molecule has 4 rings (SSSR count). The fourth-order valence-corrected chi connectivity index (χ4v) is 4.79. The molecule has 2 aliphatic rings. The third kappa shape index (κ3) is 3.10. The molecular weight excluding hydrogens is 330 g/mol. The van der Waals surface area contributed by atoms with Gasteiger partial charge in [-0.15, -0.1) is 0 Å². The maximum atomic E-state index is 13.3. The smallest absolute Gasteiger partial charge is 0.257 e. The molecular formula is C20H25N3OS. The van der Waals surface area contributed by atoms with Crippen LogP contribution in [0.25, 0.3) is 0 Å². The van der Waals surface area contributed by atoms with Gasteiger partial charge in [0, 0.05) is 23.7 Å². The van der Waals surface area contributed by atoms with Gasteiger partial charge in [-0.05, 0) is 38.7 Å². The number of hydrogen-bond donors (Lipinski definition) is 0. The molecule has 1 saturated carbocycles. The van der Waals surface area contributed by atoms with Crippen molar-refractivity contribution in [2.24, 2.45) is 0 Å². The second-order valence-corrected chi connectivity index (χ2v) is 8.32. The standard InChI is InChI=1S/C20H25N3OS/c1-14-6-8-16(9-7-14)19-13-25-11-10-22(19)20(24)18-12-21-23(15(18)2)17-4-3-5-17/h6-9,12,17,19H,3-5,10-11,13H2,1-2H3. The number of aromatic nitrogens is 2. The van der Waals surface area contributed by atoms with Crippen LogP contribution in [0.5, 0.6) is 0 Å². The topological polar surface area (TPSA) is 38.1 Å². The van der Waals surface area contributed by atoms with Gasteiger partial charge >= 0.3 is 0 Å². The van der Waals surface area contributed by atoms with Gasteiger partial charge in [-0.3, -0.25) is 9.48 Å². The molecule has 1 aliphatic carbocycles. The number of carbonyl (C=O) groups excluding carboxylic acids is 1. The van der Waals surface area contributed by atoms with Gasteiger partial charge in [0.1, 0.15) is 0 Å². The van der Waals surface area contributed by atoms with E-state index in [9.17, 15) is 4.79 Å². The first-order chi connectivity index (χ1) is 12.1. The van der Waals surface area contributed by atoms with Crippen molar-refractivity contribution in [1.29, 1.82) is 0 Å². The Labute approximate surface area is 153 Å². The van der Waals surface area contributed by atoms with Crippen LogP contribution in [0.2, 0.25) is 0 Å². The number of amides is 1. The Hall–Kier alpha value is -1.75. The van der Waals surface area contributed by atoms with Gasteiger partial charge in [0.25, 0.3) is 5.91 Å². The molecule has 2 aromatic rings. The van der Waals surface area contributed by atoms with Gasteiger partial charge in [0.05, 0.1) is 23.8 Å². The van der Waals surface area contributed by atoms with Gasteiger partial charge in [0.2, 0.25) is 0 Å². The highest BCUT2D eigenvalue weighted by molar-refractivity contribution is 7.99. The lowest BCUT2D eigenvalue weighted by Gasteiger charge is -2.36. The molecule has 2 fully saturated rings. The molecule has 132 valence electrons. The maximum Gasteiger partial charge on any atom is 0.257 e. The van der Waals surface area contributed by atoms with Crippen molar-refractivity contribution < 1.29 is 4.79 Å². The Balaban J connectivity index is 1.61. The van der Waals surface area contributed by atoms with Crippen molar-refractivity contribution in [2.45, 2.75) is 45.2 Å². The predicted octanol–water partition coefficient (Wildman–Crippen LogP) is 4.16. The Morgan fingerprint density at radius 3 is 2.64 bits per heavy atom. The molecule has 1 aromatic heterocycles. The van der Waals surface area contributed by atoms with Crippen molar-refractivity contribution >= 4 is 17.7 Å². The summed E-state index contributed by atoms with van der Waals surface area (Å²) < 4.78 is 2.07. The van der Waals surface area contributed by atoms with Crippen LogP contribution in [-0.2, 0) is 0 Å². The summed E-state index contributed by atoms with van der Waals surface area (Å²) in [5.41, 5.74) is 4.28. The van der Waals surface area contributed by atoms with Crippen LogP contribution >= 0.6 is 11.8 Å². The molecule has 0 radical (unpaired) electrons. The van der Waals surface area contributed by atoms with E-state index in [0.717, 1.165) is 29.3 Å². The maximum absolute atomic E-state index is 13.3. The summed E-state index contributed by atoms with van der Waals surface area (Å²) in [6.45, 7) is 4.94. The molecule has 1 aromatic carbocycles. The highest BCUT2D eigenvalue weighted by Crippen LogP contribution is 2.34. The summed E-state index contributed by atoms with van der Waals surface area (Å²) in [4.78, 5) is 15.3. The molecule has 25 heavy (non-hydrogen) atoms. The molecule has 0 spiro atoms. The van der Waals surface area contributed by atoms with Crippen LogP contribution < -0.4 is 0 Å². The Morgan fingerprint density at radius 1 is 1.20 bits per heavy atom. The molecule has 4 nitrogen and oxygen atoms in total. The first-order valence-corrected chi connectivity index (χ1v) is 10.3. The van der Waals surface area contributed by atoms with E-state index in [0.29, 0.717) is 6.04 Å². The van der Waals surface area contributed by atoms with Crippen molar-refractivity contribution in [3.05, 3.63) is 52.8 Å². The second kappa shape index (κ2) is 6.87. The normalized spacial score (nSPS) is 21.2. The zero-order valence-corrected chi connectivity index (χ0v) is 15.8. The van der Waals surface area contributed by atoms with Crippen LogP contribution in [0, 0.1) is 13.8 Å². The summed E-state index contributed by atoms with van der Waals surface area (Å²) in [5, 5.41) is 4.53. The minimum absolute atomic E-state index is 0.133. The van der Waals surface area contributed by atoms with Gasteiger partial charge in [-0.2, -0.15) is 16.9 Å². The van der Waals surface area contributed by atoms with E-state index in [4.69, 9.17) is 0 Å². The van der Waals surface area contributed by atoms with Gasteiger partial charge in [-0.25, -0.2) is 0 Å². The number of carbonyl (C=O) groups is 1. The third-order valence-corrected chi connectivity index (χ3v) is 6.57. The molecule has 5 heteroatoms. The van der Waals surface area contributed by atoms with Crippen LogP contribution in [0.15, 0.2) is 30.5 Å². The van der Waals surface area contributed by atoms with E-state index >= 15 is 0 Å². The minimum Gasteiger partial charge on any atom is -0.330 e. The highest BCUT2D eigenvalue weighted by Gasteiger charge is 2.32. The number of rotatable bonds is 3. The summed E-state index contributed by atoms with van der Waals surface area (Å²) >= 11 is 1.93. The number of hydrogen-bond acceptors (Lipinski definition) is 3. The molecule has 2 heterocycles. The largest absolute Gasteiger partial charge is 0.330 e. The van der Waals surface area contributed by atoms with Crippen LogP contribution in [0.3, 0.4) is 0 Å². The highest BCUT2D eigenvalue weighted by atomic mass is 32.2. The van der Waals surface area contributed by atoms with Crippen LogP contribution in [0.4, 0.5) is 0 Å². The van der Waals surface area contributed by atoms with Crippen molar-refractivity contribution in [2.75, 3.05) is 18.1 Å². The van der Waals surface area contributed by atoms with E-state index in [-0.39, 0.29) is 11.9 Å². The van der Waals surface area contributed by atoms with Crippen molar-refractivity contribution in [1.82, 2.24) is 14.7 Å². The average Bonchev–Trinajstić information content (AvgIpc) is 2.95. The van der Waals surface area contributed by atoms with E-state index in [1.807, 2.05) is 18.7 Å². The monoisotopic (exact) mass is 355 g/mol. The van der Waals surface area contributed by atoms with Gasteiger partial charge in [-0.1, -0.05) is 29.8 Å². The quantitative estimate of drug-likeness (QED) is 0.830. The zero-order chi connectivity index (χ0) is 17.4. The SMILES string of the molecule is Cc1ccc(C2CSCCN2C(=O)c2cnn(C3CCC3)c2C)cc1. The number of nitrogens with zero attached hydrogens (tertiary/aromatic N) is 3. The number of thioether (sulfide) groups is 1. The molecule has 1 aliphatic heterocycles. The first kappa shape index (κ1) is 16.7. The van der Waals surface area contributed by atoms with Gasteiger partial charge < -0.3 is 4.90 Å². The molecule has 1 amide bonds. The fraction of sp³-hybridized carbons (Fsp3) is 0.500. The van der Waals surface area contributed by atoms with E-state index < -0.39 is 0 Å². The number of aryl methyl sites for hydroxylation is 1. The lowest BCUT2D eigenvalue weighted by Crippen LogP contribution is -2.41. The van der Waals surface area contributed by atoms with Gasteiger partial charge in [0.15, 0.2) is 0 Å². The Bertz CT molecular complexity index is 764.